The second kappa shape index (κ2) is 6.81. The molecule has 7 nitrogen and oxygen atoms in total. The average molecular weight is 407 g/mol. The minimum atomic E-state index is -0.320. The van der Waals surface area contributed by atoms with Crippen LogP contribution in [-0.2, 0) is 0 Å². The summed E-state index contributed by atoms with van der Waals surface area (Å²) in [6.07, 6.45) is 6.99. The van der Waals surface area contributed by atoms with Crippen molar-refractivity contribution in [1.82, 2.24) is 35.1 Å². The third-order valence-corrected chi connectivity index (χ3v) is 5.13. The van der Waals surface area contributed by atoms with Crippen LogP contribution in [-0.4, -0.2) is 35.1 Å². The lowest BCUT2D eigenvalue weighted by Gasteiger charge is -2.01. The van der Waals surface area contributed by atoms with Crippen LogP contribution in [0.1, 0.15) is 0 Å². The molecule has 0 aliphatic heterocycles. The van der Waals surface area contributed by atoms with Crippen molar-refractivity contribution in [3.63, 3.8) is 0 Å². The number of fused-ring (bicyclic) bond motifs is 2. The Morgan fingerprint density at radius 2 is 1.74 bits per heavy atom. The molecule has 1 aromatic carbocycles. The number of nitrogens with zero attached hydrogens (tertiary/aromatic N) is 5. The molecule has 0 saturated heterocycles. The van der Waals surface area contributed by atoms with Gasteiger partial charge >= 0.3 is 0 Å². The van der Waals surface area contributed by atoms with Gasteiger partial charge in [0.15, 0.2) is 11.5 Å². The Morgan fingerprint density at radius 1 is 0.806 bits per heavy atom. The fraction of sp³-hybridized carbons (Fsp3) is 0. The number of rotatable bonds is 3. The zero-order valence-corrected chi connectivity index (χ0v) is 16.0. The smallest absolute Gasteiger partial charge is 0.159 e. The van der Waals surface area contributed by atoms with E-state index in [2.05, 4.69) is 30.1 Å². The normalized spacial score (nSPS) is 11.4. The van der Waals surface area contributed by atoms with Gasteiger partial charge in [0.1, 0.15) is 17.0 Å². The molecule has 0 radical (unpaired) electrons. The molecule has 148 valence electrons. The van der Waals surface area contributed by atoms with E-state index in [1.54, 1.807) is 30.9 Å². The molecule has 0 aliphatic carbocycles. The van der Waals surface area contributed by atoms with Gasteiger partial charge in [0, 0.05) is 41.5 Å². The van der Waals surface area contributed by atoms with Crippen molar-refractivity contribution in [1.29, 1.82) is 0 Å². The van der Waals surface area contributed by atoms with Crippen molar-refractivity contribution in [2.24, 2.45) is 0 Å². The number of benzene rings is 1. The van der Waals surface area contributed by atoms with Gasteiger partial charge in [0.2, 0.25) is 0 Å². The Balaban J connectivity index is 1.52. The van der Waals surface area contributed by atoms with E-state index in [1.807, 2.05) is 30.3 Å². The maximum atomic E-state index is 13.8. The summed E-state index contributed by atoms with van der Waals surface area (Å²) in [5, 5.41) is 8.23. The van der Waals surface area contributed by atoms with Gasteiger partial charge in [-0.1, -0.05) is 18.2 Å². The molecule has 2 N–H and O–H groups in total. The largest absolute Gasteiger partial charge is 0.336 e. The number of halogens is 1. The summed E-state index contributed by atoms with van der Waals surface area (Å²) in [6, 6.07) is 14.0. The number of nitrogens with one attached hydrogen (secondary N) is 2. The predicted molar refractivity (Wildman–Crippen MR) is 115 cm³/mol. The van der Waals surface area contributed by atoms with E-state index in [-0.39, 0.29) is 5.82 Å². The zero-order valence-electron chi connectivity index (χ0n) is 16.0. The highest BCUT2D eigenvalue weighted by atomic mass is 19.1. The third kappa shape index (κ3) is 2.93. The summed E-state index contributed by atoms with van der Waals surface area (Å²) in [5.41, 5.74) is 5.91. The fourth-order valence-electron chi connectivity index (χ4n) is 3.67. The highest BCUT2D eigenvalue weighted by Crippen LogP contribution is 2.31. The molecule has 0 amide bonds. The van der Waals surface area contributed by atoms with E-state index in [0.29, 0.717) is 33.9 Å². The number of H-pyrrole nitrogens is 2. The molecule has 0 aliphatic rings. The van der Waals surface area contributed by atoms with E-state index in [0.717, 1.165) is 22.0 Å². The third-order valence-electron chi connectivity index (χ3n) is 5.13. The van der Waals surface area contributed by atoms with E-state index in [1.165, 1.54) is 12.1 Å². The van der Waals surface area contributed by atoms with Gasteiger partial charge in [-0.05, 0) is 30.3 Å². The van der Waals surface area contributed by atoms with Crippen LogP contribution in [0.4, 0.5) is 4.39 Å². The maximum absolute atomic E-state index is 13.8. The van der Waals surface area contributed by atoms with Crippen molar-refractivity contribution in [2.75, 3.05) is 0 Å². The Morgan fingerprint density at radius 3 is 2.61 bits per heavy atom. The standard InChI is InChI=1S/C23H14FN7/c24-16-5-1-3-13(9-16)19-21-18(6-8-26-19)28-23(29-21)20-17-10-15(12-27-22(17)31-30-20)14-4-2-7-25-11-14/h1-12H,(H,28,29)(H,27,30,31). The SMILES string of the molecule is Fc1cccc(-c2nccc3[nH]c(-c4n[nH]c5ncc(-c6cccnc6)cc45)nc23)c1. The minimum Gasteiger partial charge on any atom is -0.336 e. The molecule has 5 aromatic heterocycles. The van der Waals surface area contributed by atoms with Crippen molar-refractivity contribution < 1.29 is 4.39 Å². The van der Waals surface area contributed by atoms with Gasteiger partial charge in [-0.15, -0.1) is 0 Å². The molecule has 31 heavy (non-hydrogen) atoms. The summed E-state index contributed by atoms with van der Waals surface area (Å²) in [4.78, 5) is 21.2. The van der Waals surface area contributed by atoms with Crippen LogP contribution in [0.15, 0.2) is 73.3 Å². The number of aromatic nitrogens is 7. The molecule has 0 saturated carbocycles. The van der Waals surface area contributed by atoms with Gasteiger partial charge in [-0.2, -0.15) is 5.10 Å². The topological polar surface area (TPSA) is 96.0 Å². The Bertz CT molecular complexity index is 1550. The fourth-order valence-corrected chi connectivity index (χ4v) is 3.67. The first-order valence-corrected chi connectivity index (χ1v) is 9.62. The van der Waals surface area contributed by atoms with Crippen LogP contribution < -0.4 is 0 Å². The highest BCUT2D eigenvalue weighted by Gasteiger charge is 2.17. The van der Waals surface area contributed by atoms with E-state index in [4.69, 9.17) is 4.98 Å². The second-order valence-corrected chi connectivity index (χ2v) is 7.09. The van der Waals surface area contributed by atoms with E-state index in [9.17, 15) is 4.39 Å². The van der Waals surface area contributed by atoms with E-state index >= 15 is 0 Å². The predicted octanol–water partition coefficient (Wildman–Crippen LogP) is 4.76. The van der Waals surface area contributed by atoms with Gasteiger partial charge in [0.25, 0.3) is 0 Å². The van der Waals surface area contributed by atoms with Crippen molar-refractivity contribution in [3.8, 4) is 33.9 Å². The lowest BCUT2D eigenvalue weighted by molar-refractivity contribution is 0.628. The molecule has 6 aromatic rings. The molecule has 0 fully saturated rings. The molecule has 0 spiro atoms. The molecule has 0 atom stereocenters. The number of hydrogen-bond acceptors (Lipinski definition) is 5. The molecule has 8 heteroatoms. The van der Waals surface area contributed by atoms with E-state index < -0.39 is 0 Å². The number of imidazole rings is 1. The molecule has 5 heterocycles. The summed E-state index contributed by atoms with van der Waals surface area (Å²) in [6.45, 7) is 0. The Hall–Kier alpha value is -4.46. The quantitative estimate of drug-likeness (QED) is 0.441. The van der Waals surface area contributed by atoms with Crippen LogP contribution in [0, 0.1) is 5.82 Å². The number of hydrogen-bond donors (Lipinski definition) is 2. The number of aromatic amines is 2. The summed E-state index contributed by atoms with van der Waals surface area (Å²) in [7, 11) is 0. The first-order chi connectivity index (χ1) is 15.3. The van der Waals surface area contributed by atoms with Crippen LogP contribution in [0.2, 0.25) is 0 Å². The van der Waals surface area contributed by atoms with Crippen molar-refractivity contribution in [2.45, 2.75) is 0 Å². The summed E-state index contributed by atoms with van der Waals surface area (Å²) < 4.78 is 13.8. The Labute approximate surface area is 175 Å². The van der Waals surface area contributed by atoms with Gasteiger partial charge in [0.05, 0.1) is 16.6 Å². The Kier molecular flexibility index (Phi) is 3.82. The second-order valence-electron chi connectivity index (χ2n) is 7.09. The van der Waals surface area contributed by atoms with Gasteiger partial charge in [-0.3, -0.25) is 15.1 Å². The molecule has 0 bridgehead atoms. The van der Waals surface area contributed by atoms with Crippen LogP contribution >= 0.6 is 0 Å². The number of pyridine rings is 3. The van der Waals surface area contributed by atoms with Gasteiger partial charge < -0.3 is 4.98 Å². The lowest BCUT2D eigenvalue weighted by atomic mass is 10.1. The van der Waals surface area contributed by atoms with Crippen molar-refractivity contribution in [3.05, 3.63) is 79.1 Å². The van der Waals surface area contributed by atoms with Gasteiger partial charge in [-0.25, -0.2) is 14.4 Å². The maximum Gasteiger partial charge on any atom is 0.159 e. The zero-order chi connectivity index (χ0) is 20.8. The molecular formula is C23H14FN7. The first kappa shape index (κ1) is 17.4. The monoisotopic (exact) mass is 407 g/mol. The molecule has 0 unspecified atom stereocenters. The highest BCUT2D eigenvalue weighted by molar-refractivity contribution is 5.96. The van der Waals surface area contributed by atoms with Crippen LogP contribution in [0.3, 0.4) is 0 Å². The van der Waals surface area contributed by atoms with Crippen LogP contribution in [0.25, 0.3) is 56.0 Å². The molecular weight excluding hydrogens is 393 g/mol. The summed E-state index contributed by atoms with van der Waals surface area (Å²) in [5.74, 6) is 0.261. The van der Waals surface area contributed by atoms with Crippen LogP contribution in [0.5, 0.6) is 0 Å². The van der Waals surface area contributed by atoms with Crippen molar-refractivity contribution >= 4 is 22.1 Å². The first-order valence-electron chi connectivity index (χ1n) is 9.62. The summed E-state index contributed by atoms with van der Waals surface area (Å²) >= 11 is 0. The average Bonchev–Trinajstić information content (AvgIpc) is 3.43. The molecule has 6 rings (SSSR count). The minimum absolute atomic E-state index is 0.320. The lowest BCUT2D eigenvalue weighted by Crippen LogP contribution is -1.86.